The largest absolute Gasteiger partial charge is 0.493 e. The molecule has 0 spiro atoms. The van der Waals surface area contributed by atoms with Crippen molar-refractivity contribution in [1.29, 1.82) is 0 Å². The number of hydrogen-bond acceptors (Lipinski definition) is 3. The first kappa shape index (κ1) is 13.1. The van der Waals surface area contributed by atoms with E-state index >= 15 is 0 Å². The van der Waals surface area contributed by atoms with Crippen LogP contribution in [0.15, 0.2) is 42.5 Å². The van der Waals surface area contributed by atoms with Crippen LogP contribution in [-0.4, -0.2) is 6.61 Å². The molecular formula is C16H17FN2O. The Morgan fingerprint density at radius 2 is 2.10 bits per heavy atom. The van der Waals surface area contributed by atoms with E-state index in [-0.39, 0.29) is 17.8 Å². The van der Waals surface area contributed by atoms with E-state index in [0.29, 0.717) is 6.61 Å². The van der Waals surface area contributed by atoms with Crippen molar-refractivity contribution >= 4 is 0 Å². The summed E-state index contributed by atoms with van der Waals surface area (Å²) in [6.07, 6.45) is 0. The van der Waals surface area contributed by atoms with E-state index in [2.05, 4.69) is 5.43 Å². The first-order chi connectivity index (χ1) is 9.69. The summed E-state index contributed by atoms with van der Waals surface area (Å²) in [6, 6.07) is 12.7. The number of para-hydroxylation sites is 1. The fourth-order valence-corrected chi connectivity index (χ4v) is 2.85. The molecule has 0 aliphatic carbocycles. The zero-order valence-electron chi connectivity index (χ0n) is 11.3. The number of benzene rings is 2. The third-order valence-corrected chi connectivity index (χ3v) is 3.74. The van der Waals surface area contributed by atoms with Crippen LogP contribution in [0.4, 0.5) is 4.39 Å². The highest BCUT2D eigenvalue weighted by atomic mass is 19.1. The first-order valence-corrected chi connectivity index (χ1v) is 6.64. The number of rotatable bonds is 3. The van der Waals surface area contributed by atoms with Crippen molar-refractivity contribution in [3.05, 3.63) is 65.0 Å². The molecule has 3 N–H and O–H groups in total. The van der Waals surface area contributed by atoms with Gasteiger partial charge in [-0.2, -0.15) is 0 Å². The van der Waals surface area contributed by atoms with Crippen molar-refractivity contribution in [3.8, 4) is 5.75 Å². The number of ether oxygens (including phenoxy) is 1. The van der Waals surface area contributed by atoms with Crippen LogP contribution in [0, 0.1) is 12.7 Å². The number of aryl methyl sites for hydroxylation is 1. The van der Waals surface area contributed by atoms with Gasteiger partial charge >= 0.3 is 0 Å². The van der Waals surface area contributed by atoms with Crippen molar-refractivity contribution in [2.45, 2.75) is 18.9 Å². The van der Waals surface area contributed by atoms with E-state index in [4.69, 9.17) is 10.6 Å². The highest BCUT2D eigenvalue weighted by Crippen LogP contribution is 2.41. The van der Waals surface area contributed by atoms with E-state index in [1.54, 1.807) is 0 Å². The van der Waals surface area contributed by atoms with Crippen LogP contribution in [0.2, 0.25) is 0 Å². The van der Waals surface area contributed by atoms with Gasteiger partial charge in [-0.05, 0) is 36.2 Å². The maximum absolute atomic E-state index is 13.6. The first-order valence-electron chi connectivity index (χ1n) is 6.64. The molecule has 2 aromatic rings. The summed E-state index contributed by atoms with van der Waals surface area (Å²) < 4.78 is 19.3. The van der Waals surface area contributed by atoms with Crippen LogP contribution in [0.3, 0.4) is 0 Å². The number of hydrogen-bond donors (Lipinski definition) is 2. The maximum atomic E-state index is 13.6. The van der Waals surface area contributed by atoms with E-state index in [1.807, 2.05) is 37.3 Å². The number of nitrogens with one attached hydrogen (secondary N) is 1. The third kappa shape index (κ3) is 2.28. The van der Waals surface area contributed by atoms with E-state index in [0.717, 1.165) is 22.4 Å². The molecule has 2 atom stereocenters. The molecule has 0 amide bonds. The van der Waals surface area contributed by atoms with Gasteiger partial charge in [-0.15, -0.1) is 0 Å². The summed E-state index contributed by atoms with van der Waals surface area (Å²) in [5.74, 6) is 6.43. The molecule has 20 heavy (non-hydrogen) atoms. The van der Waals surface area contributed by atoms with Crippen LogP contribution >= 0.6 is 0 Å². The van der Waals surface area contributed by atoms with Crippen molar-refractivity contribution in [3.63, 3.8) is 0 Å². The zero-order chi connectivity index (χ0) is 14.1. The number of nitrogens with two attached hydrogens (primary N) is 1. The zero-order valence-corrected chi connectivity index (χ0v) is 11.3. The predicted molar refractivity (Wildman–Crippen MR) is 75.9 cm³/mol. The quantitative estimate of drug-likeness (QED) is 0.667. The highest BCUT2D eigenvalue weighted by Gasteiger charge is 2.31. The Bertz CT molecular complexity index is 609. The maximum Gasteiger partial charge on any atom is 0.123 e. The van der Waals surface area contributed by atoms with Crippen molar-refractivity contribution in [2.75, 3.05) is 6.61 Å². The molecular weight excluding hydrogens is 255 g/mol. The van der Waals surface area contributed by atoms with Crippen molar-refractivity contribution < 1.29 is 9.13 Å². The smallest absolute Gasteiger partial charge is 0.123 e. The Morgan fingerprint density at radius 1 is 1.30 bits per heavy atom. The van der Waals surface area contributed by atoms with Gasteiger partial charge in [0.25, 0.3) is 0 Å². The van der Waals surface area contributed by atoms with Gasteiger partial charge in [0, 0.05) is 11.5 Å². The van der Waals surface area contributed by atoms with E-state index < -0.39 is 0 Å². The van der Waals surface area contributed by atoms with Crippen LogP contribution in [0.1, 0.15) is 28.7 Å². The van der Waals surface area contributed by atoms with Gasteiger partial charge < -0.3 is 4.74 Å². The molecule has 3 rings (SSSR count). The summed E-state index contributed by atoms with van der Waals surface area (Å²) in [5.41, 5.74) is 5.64. The topological polar surface area (TPSA) is 47.3 Å². The summed E-state index contributed by atoms with van der Waals surface area (Å²) in [7, 11) is 0. The Balaban J connectivity index is 1.99. The molecule has 0 aromatic heterocycles. The van der Waals surface area contributed by atoms with Gasteiger partial charge in [0.2, 0.25) is 0 Å². The van der Waals surface area contributed by atoms with Crippen LogP contribution in [0.5, 0.6) is 5.75 Å². The average molecular weight is 272 g/mol. The second kappa shape index (κ2) is 5.23. The molecule has 0 bridgehead atoms. The second-order valence-electron chi connectivity index (χ2n) is 5.16. The average Bonchev–Trinajstić information content (AvgIpc) is 2.83. The van der Waals surface area contributed by atoms with Gasteiger partial charge in [0.15, 0.2) is 0 Å². The fraction of sp³-hybridized carbons (Fsp3) is 0.250. The third-order valence-electron chi connectivity index (χ3n) is 3.74. The molecule has 2 unspecified atom stereocenters. The molecule has 4 heteroatoms. The molecule has 0 saturated carbocycles. The normalized spacial score (nSPS) is 18.4. The number of hydrazine groups is 1. The van der Waals surface area contributed by atoms with Crippen LogP contribution < -0.4 is 16.0 Å². The monoisotopic (exact) mass is 272 g/mol. The minimum Gasteiger partial charge on any atom is -0.493 e. The summed E-state index contributed by atoms with van der Waals surface area (Å²) >= 11 is 0. The summed E-state index contributed by atoms with van der Waals surface area (Å²) in [5, 5.41) is 0. The van der Waals surface area contributed by atoms with Crippen LogP contribution in [0.25, 0.3) is 0 Å². The molecule has 3 nitrogen and oxygen atoms in total. The van der Waals surface area contributed by atoms with E-state index in [9.17, 15) is 4.39 Å². The minimum absolute atomic E-state index is 0.0809. The fourth-order valence-electron chi connectivity index (χ4n) is 2.85. The molecule has 1 heterocycles. The lowest BCUT2D eigenvalue weighted by atomic mass is 9.88. The van der Waals surface area contributed by atoms with Crippen LogP contribution in [-0.2, 0) is 0 Å². The van der Waals surface area contributed by atoms with Crippen molar-refractivity contribution in [1.82, 2.24) is 5.43 Å². The summed E-state index contributed by atoms with van der Waals surface area (Å²) in [6.45, 7) is 2.42. The molecule has 0 saturated heterocycles. The Hall–Kier alpha value is -1.91. The Kier molecular flexibility index (Phi) is 3.42. The number of halogens is 1. The lowest BCUT2D eigenvalue weighted by Crippen LogP contribution is -2.33. The SMILES string of the molecule is Cc1cc(F)cc(C(NN)C2COc3ccccc32)c1. The lowest BCUT2D eigenvalue weighted by Gasteiger charge is -2.23. The van der Waals surface area contributed by atoms with Crippen molar-refractivity contribution in [2.24, 2.45) is 5.84 Å². The van der Waals surface area contributed by atoms with Gasteiger partial charge in [-0.1, -0.05) is 24.3 Å². The van der Waals surface area contributed by atoms with Gasteiger partial charge in [0.05, 0.1) is 12.6 Å². The molecule has 2 aromatic carbocycles. The minimum atomic E-state index is -0.243. The highest BCUT2D eigenvalue weighted by molar-refractivity contribution is 5.42. The standard InChI is InChI=1S/C16H17FN2O/c1-10-6-11(8-12(17)7-10)16(19-18)14-9-20-15-5-3-2-4-13(14)15/h2-8,14,16,19H,9,18H2,1H3. The molecule has 1 aliphatic rings. The van der Waals surface area contributed by atoms with E-state index in [1.165, 1.54) is 12.1 Å². The lowest BCUT2D eigenvalue weighted by molar-refractivity contribution is 0.300. The Labute approximate surface area is 117 Å². The number of fused-ring (bicyclic) bond motifs is 1. The van der Waals surface area contributed by atoms with Gasteiger partial charge in [-0.3, -0.25) is 11.3 Å². The molecule has 1 aliphatic heterocycles. The molecule has 0 radical (unpaired) electrons. The van der Waals surface area contributed by atoms with Gasteiger partial charge in [-0.25, -0.2) is 4.39 Å². The Morgan fingerprint density at radius 3 is 2.85 bits per heavy atom. The molecule has 104 valence electrons. The summed E-state index contributed by atoms with van der Waals surface area (Å²) in [4.78, 5) is 0. The molecule has 0 fully saturated rings. The second-order valence-corrected chi connectivity index (χ2v) is 5.16. The van der Waals surface area contributed by atoms with Gasteiger partial charge in [0.1, 0.15) is 11.6 Å². The predicted octanol–water partition coefficient (Wildman–Crippen LogP) is 2.81.